The maximum atomic E-state index is 8.42. The van der Waals surface area contributed by atoms with Crippen LogP contribution >= 0.6 is 59.6 Å². The SMILES string of the molecule is N#CSCc1ccc(Br)c(Br)c1Br. The predicted octanol–water partition coefficient (Wildman–Crippen LogP) is 4.69. The van der Waals surface area contributed by atoms with Crippen LogP contribution < -0.4 is 0 Å². The second-order valence-corrected chi connectivity index (χ2v) is 5.41. The normalized spacial score (nSPS) is 9.69. The first-order valence-corrected chi connectivity index (χ1v) is 6.66. The van der Waals surface area contributed by atoms with Gasteiger partial charge in [0.05, 0.1) is 0 Å². The fourth-order valence-electron chi connectivity index (χ4n) is 0.787. The lowest BCUT2D eigenvalue weighted by Crippen LogP contribution is -1.84. The predicted molar refractivity (Wildman–Crippen MR) is 66.5 cm³/mol. The van der Waals surface area contributed by atoms with Gasteiger partial charge in [-0.1, -0.05) is 6.07 Å². The van der Waals surface area contributed by atoms with Gasteiger partial charge < -0.3 is 0 Å². The third kappa shape index (κ3) is 2.98. The van der Waals surface area contributed by atoms with Crippen LogP contribution in [0.15, 0.2) is 25.6 Å². The zero-order chi connectivity index (χ0) is 9.84. The molecule has 0 aromatic heterocycles. The molecule has 0 aliphatic heterocycles. The second-order valence-electron chi connectivity index (χ2n) is 2.21. The van der Waals surface area contributed by atoms with E-state index in [9.17, 15) is 0 Å². The Hall–Kier alpha value is 0.500. The van der Waals surface area contributed by atoms with E-state index in [0.29, 0.717) is 5.75 Å². The number of thiocyanates is 1. The summed E-state index contributed by atoms with van der Waals surface area (Å²) in [5, 5.41) is 10.5. The van der Waals surface area contributed by atoms with Crippen LogP contribution in [0, 0.1) is 10.7 Å². The molecule has 68 valence electrons. The van der Waals surface area contributed by atoms with E-state index in [1.807, 2.05) is 17.5 Å². The van der Waals surface area contributed by atoms with Crippen molar-refractivity contribution in [3.8, 4) is 5.40 Å². The highest BCUT2D eigenvalue weighted by atomic mass is 79.9. The summed E-state index contributed by atoms with van der Waals surface area (Å²) < 4.78 is 3.00. The van der Waals surface area contributed by atoms with Crippen molar-refractivity contribution in [3.05, 3.63) is 31.1 Å². The molecule has 1 rings (SSSR count). The first-order chi connectivity index (χ1) is 6.16. The molecular formula is C8H4Br3NS. The van der Waals surface area contributed by atoms with Crippen molar-refractivity contribution < 1.29 is 0 Å². The molecule has 5 heteroatoms. The highest BCUT2D eigenvalue weighted by Crippen LogP contribution is 2.34. The summed E-state index contributed by atoms with van der Waals surface area (Å²) in [6, 6.07) is 3.95. The summed E-state index contributed by atoms with van der Waals surface area (Å²) in [6.07, 6.45) is 0. The topological polar surface area (TPSA) is 23.8 Å². The molecule has 0 unspecified atom stereocenters. The maximum Gasteiger partial charge on any atom is 0.133 e. The fraction of sp³-hybridized carbons (Fsp3) is 0.125. The summed E-state index contributed by atoms with van der Waals surface area (Å²) in [7, 11) is 0. The van der Waals surface area contributed by atoms with Gasteiger partial charge in [-0.25, -0.2) is 0 Å². The van der Waals surface area contributed by atoms with Crippen molar-refractivity contribution >= 4 is 59.6 Å². The first-order valence-electron chi connectivity index (χ1n) is 3.30. The van der Waals surface area contributed by atoms with Crippen LogP contribution in [-0.2, 0) is 5.75 Å². The molecule has 1 aromatic carbocycles. The van der Waals surface area contributed by atoms with E-state index in [1.54, 1.807) is 0 Å². The van der Waals surface area contributed by atoms with Crippen LogP contribution in [0.25, 0.3) is 0 Å². The van der Waals surface area contributed by atoms with E-state index in [0.717, 1.165) is 19.0 Å². The average Bonchev–Trinajstić information content (AvgIpc) is 2.13. The molecule has 0 aliphatic carbocycles. The third-order valence-electron chi connectivity index (χ3n) is 1.41. The lowest BCUT2D eigenvalue weighted by atomic mass is 10.2. The number of thioether (sulfide) groups is 1. The Balaban J connectivity index is 2.98. The standard InChI is InChI=1S/C8H4Br3NS/c9-6-2-1-5(3-13-4-12)7(10)8(6)11/h1-2H,3H2. The van der Waals surface area contributed by atoms with Crippen molar-refractivity contribution in [1.82, 2.24) is 0 Å². The van der Waals surface area contributed by atoms with Crippen molar-refractivity contribution in [1.29, 1.82) is 5.26 Å². The Kier molecular flexibility index (Phi) is 4.81. The first kappa shape index (κ1) is 11.6. The zero-order valence-electron chi connectivity index (χ0n) is 6.35. The molecule has 0 atom stereocenters. The van der Waals surface area contributed by atoms with Crippen LogP contribution in [0.1, 0.15) is 5.56 Å². The van der Waals surface area contributed by atoms with Crippen LogP contribution in [0.5, 0.6) is 0 Å². The minimum atomic E-state index is 0.697. The van der Waals surface area contributed by atoms with Crippen LogP contribution in [0.2, 0.25) is 0 Å². The number of nitriles is 1. The number of rotatable bonds is 2. The molecule has 0 saturated carbocycles. The van der Waals surface area contributed by atoms with Gasteiger partial charge in [-0.2, -0.15) is 5.26 Å². The summed E-state index contributed by atoms with van der Waals surface area (Å²) in [5.74, 6) is 0.697. The Bertz CT molecular complexity index is 359. The summed E-state index contributed by atoms with van der Waals surface area (Å²) >= 11 is 11.5. The molecule has 0 fully saturated rings. The molecule has 0 spiro atoms. The maximum absolute atomic E-state index is 8.42. The minimum absolute atomic E-state index is 0.697. The summed E-state index contributed by atoms with van der Waals surface area (Å²) in [4.78, 5) is 0. The fourth-order valence-corrected chi connectivity index (χ4v) is 2.90. The van der Waals surface area contributed by atoms with E-state index in [1.165, 1.54) is 11.8 Å². The van der Waals surface area contributed by atoms with Gasteiger partial charge >= 0.3 is 0 Å². The molecule has 1 aromatic rings. The van der Waals surface area contributed by atoms with E-state index in [2.05, 4.69) is 47.8 Å². The lowest BCUT2D eigenvalue weighted by Gasteiger charge is -2.05. The molecule has 0 N–H and O–H groups in total. The Labute approximate surface area is 106 Å². The number of hydrogen-bond acceptors (Lipinski definition) is 2. The quantitative estimate of drug-likeness (QED) is 0.544. The Morgan fingerprint density at radius 2 is 1.92 bits per heavy atom. The number of nitrogens with zero attached hydrogens (tertiary/aromatic N) is 1. The van der Waals surface area contributed by atoms with Gasteiger partial charge in [0.2, 0.25) is 0 Å². The molecule has 0 amide bonds. The van der Waals surface area contributed by atoms with Crippen molar-refractivity contribution in [3.63, 3.8) is 0 Å². The van der Waals surface area contributed by atoms with Crippen molar-refractivity contribution in [2.45, 2.75) is 5.75 Å². The van der Waals surface area contributed by atoms with Crippen LogP contribution in [-0.4, -0.2) is 0 Å². The molecule has 0 heterocycles. The lowest BCUT2D eigenvalue weighted by molar-refractivity contribution is 1.35. The van der Waals surface area contributed by atoms with E-state index >= 15 is 0 Å². The monoisotopic (exact) mass is 383 g/mol. The Morgan fingerprint density at radius 1 is 1.23 bits per heavy atom. The van der Waals surface area contributed by atoms with Crippen molar-refractivity contribution in [2.75, 3.05) is 0 Å². The summed E-state index contributed by atoms with van der Waals surface area (Å²) in [5.41, 5.74) is 1.11. The molecule has 0 aliphatic rings. The van der Waals surface area contributed by atoms with E-state index in [4.69, 9.17) is 5.26 Å². The number of halogens is 3. The molecule has 0 bridgehead atoms. The van der Waals surface area contributed by atoms with Gasteiger partial charge in [0.1, 0.15) is 5.40 Å². The third-order valence-corrected chi connectivity index (χ3v) is 5.45. The van der Waals surface area contributed by atoms with E-state index < -0.39 is 0 Å². The van der Waals surface area contributed by atoms with Crippen LogP contribution in [0.3, 0.4) is 0 Å². The highest BCUT2D eigenvalue weighted by Gasteiger charge is 2.06. The van der Waals surface area contributed by atoms with Gasteiger partial charge in [0.25, 0.3) is 0 Å². The average molecular weight is 386 g/mol. The number of hydrogen-bond donors (Lipinski definition) is 0. The smallest absolute Gasteiger partial charge is 0.133 e. The van der Waals surface area contributed by atoms with Gasteiger partial charge in [0.15, 0.2) is 0 Å². The van der Waals surface area contributed by atoms with Gasteiger partial charge in [-0.05, 0) is 71.2 Å². The largest absolute Gasteiger partial charge is 0.185 e. The molecule has 0 radical (unpaired) electrons. The van der Waals surface area contributed by atoms with Gasteiger partial charge in [0, 0.05) is 19.2 Å². The van der Waals surface area contributed by atoms with Crippen molar-refractivity contribution in [2.24, 2.45) is 0 Å². The Morgan fingerprint density at radius 3 is 2.54 bits per heavy atom. The van der Waals surface area contributed by atoms with E-state index in [-0.39, 0.29) is 0 Å². The summed E-state index contributed by atoms with van der Waals surface area (Å²) in [6.45, 7) is 0. The van der Waals surface area contributed by atoms with Gasteiger partial charge in [-0.3, -0.25) is 0 Å². The number of benzene rings is 1. The second kappa shape index (κ2) is 5.40. The van der Waals surface area contributed by atoms with Gasteiger partial charge in [-0.15, -0.1) is 0 Å². The molecule has 1 nitrogen and oxygen atoms in total. The van der Waals surface area contributed by atoms with Crippen LogP contribution in [0.4, 0.5) is 0 Å². The molecule has 0 saturated heterocycles. The highest BCUT2D eigenvalue weighted by molar-refractivity contribution is 9.14. The molecule has 13 heavy (non-hydrogen) atoms. The zero-order valence-corrected chi connectivity index (χ0v) is 11.9. The minimum Gasteiger partial charge on any atom is -0.185 e. The molecular weight excluding hydrogens is 382 g/mol.